The zero-order chi connectivity index (χ0) is 48.6. The molecule has 1 atom stereocenters. The molecule has 380 valence electrons. The zero-order valence-electron chi connectivity index (χ0n) is 43.4. The zero-order valence-corrected chi connectivity index (χ0v) is 43.4. The van der Waals surface area contributed by atoms with Gasteiger partial charge < -0.3 is 14.2 Å². The van der Waals surface area contributed by atoms with Crippen LogP contribution in [0, 0.1) is 0 Å². The Bertz CT molecular complexity index is 1390. The van der Waals surface area contributed by atoms with E-state index in [1.54, 1.807) is 0 Å². The molecule has 0 bridgehead atoms. The van der Waals surface area contributed by atoms with Crippen molar-refractivity contribution in [1.82, 2.24) is 0 Å². The van der Waals surface area contributed by atoms with E-state index >= 15 is 0 Å². The third kappa shape index (κ3) is 52.9. The van der Waals surface area contributed by atoms with Crippen LogP contribution in [0.25, 0.3) is 0 Å². The van der Waals surface area contributed by atoms with Crippen LogP contribution in [0.2, 0.25) is 0 Å². The van der Waals surface area contributed by atoms with Gasteiger partial charge in [-0.15, -0.1) is 0 Å². The molecule has 0 radical (unpaired) electrons. The number of unbranched alkanes of at least 4 members (excludes halogenated alkanes) is 19. The number of ether oxygens (including phenoxy) is 3. The summed E-state index contributed by atoms with van der Waals surface area (Å²) in [4.78, 5) is 37.9. The predicted octanol–water partition coefficient (Wildman–Crippen LogP) is 18.3. The minimum atomic E-state index is -0.802. The van der Waals surface area contributed by atoms with E-state index in [1.165, 1.54) is 96.3 Å². The Labute approximate surface area is 412 Å². The van der Waals surface area contributed by atoms with Crippen molar-refractivity contribution in [3.63, 3.8) is 0 Å². The van der Waals surface area contributed by atoms with Crippen molar-refractivity contribution in [2.45, 2.75) is 245 Å². The van der Waals surface area contributed by atoms with Gasteiger partial charge >= 0.3 is 17.9 Å². The van der Waals surface area contributed by atoms with E-state index in [0.717, 1.165) is 96.3 Å². The molecule has 0 rings (SSSR count). The van der Waals surface area contributed by atoms with Gasteiger partial charge in [-0.25, -0.2) is 0 Å². The van der Waals surface area contributed by atoms with E-state index in [1.807, 2.05) is 0 Å². The Balaban J connectivity index is 4.35. The van der Waals surface area contributed by atoms with Crippen molar-refractivity contribution in [2.24, 2.45) is 0 Å². The van der Waals surface area contributed by atoms with Crippen LogP contribution in [-0.2, 0) is 28.6 Å². The molecule has 0 aromatic rings. The lowest BCUT2D eigenvalue weighted by molar-refractivity contribution is -0.167. The molecule has 1 unspecified atom stereocenters. The van der Waals surface area contributed by atoms with Crippen LogP contribution in [0.1, 0.15) is 239 Å². The highest BCUT2D eigenvalue weighted by molar-refractivity contribution is 5.71. The molecule has 0 saturated heterocycles. The molecule has 0 heterocycles. The average molecular weight is 929 g/mol. The lowest BCUT2D eigenvalue weighted by atomic mass is 10.1. The van der Waals surface area contributed by atoms with Gasteiger partial charge in [0.05, 0.1) is 0 Å². The van der Waals surface area contributed by atoms with Crippen molar-refractivity contribution >= 4 is 17.9 Å². The number of allylic oxidation sites excluding steroid dienone is 18. The fourth-order valence-corrected chi connectivity index (χ4v) is 7.17. The summed E-state index contributed by atoms with van der Waals surface area (Å²) in [7, 11) is 0. The molecular formula is C61H100O6. The average Bonchev–Trinajstić information content (AvgIpc) is 3.33. The van der Waals surface area contributed by atoms with Crippen molar-refractivity contribution in [3.8, 4) is 0 Å². The number of hydrogen-bond donors (Lipinski definition) is 0. The van der Waals surface area contributed by atoms with E-state index in [4.69, 9.17) is 14.2 Å². The molecule has 0 aliphatic carbocycles. The summed E-state index contributed by atoms with van der Waals surface area (Å²) in [5, 5.41) is 0. The van der Waals surface area contributed by atoms with Crippen LogP contribution in [0.4, 0.5) is 0 Å². The van der Waals surface area contributed by atoms with Gasteiger partial charge in [-0.05, 0) is 103 Å². The summed E-state index contributed by atoms with van der Waals surface area (Å²) < 4.78 is 16.7. The van der Waals surface area contributed by atoms with Crippen molar-refractivity contribution in [1.29, 1.82) is 0 Å². The third-order valence-electron chi connectivity index (χ3n) is 11.3. The van der Waals surface area contributed by atoms with Crippen molar-refractivity contribution in [3.05, 3.63) is 109 Å². The van der Waals surface area contributed by atoms with Crippen molar-refractivity contribution in [2.75, 3.05) is 13.2 Å². The summed E-state index contributed by atoms with van der Waals surface area (Å²) in [5.41, 5.74) is 0. The maximum atomic E-state index is 12.8. The van der Waals surface area contributed by atoms with Crippen LogP contribution in [0.3, 0.4) is 0 Å². The topological polar surface area (TPSA) is 78.9 Å². The molecule has 0 fully saturated rings. The highest BCUT2D eigenvalue weighted by atomic mass is 16.6. The number of esters is 3. The number of hydrogen-bond acceptors (Lipinski definition) is 6. The number of rotatable bonds is 48. The summed E-state index contributed by atoms with van der Waals surface area (Å²) in [6.07, 6.45) is 73.8. The minimum Gasteiger partial charge on any atom is -0.462 e. The Morgan fingerprint density at radius 2 is 0.597 bits per heavy atom. The molecule has 0 aliphatic rings. The smallest absolute Gasteiger partial charge is 0.306 e. The molecule has 0 amide bonds. The van der Waals surface area contributed by atoms with Gasteiger partial charge in [0.1, 0.15) is 13.2 Å². The van der Waals surface area contributed by atoms with Crippen LogP contribution in [-0.4, -0.2) is 37.2 Å². The van der Waals surface area contributed by atoms with Gasteiger partial charge in [-0.1, -0.05) is 226 Å². The van der Waals surface area contributed by atoms with Crippen LogP contribution >= 0.6 is 0 Å². The normalized spacial score (nSPS) is 12.9. The Kier molecular flexibility index (Phi) is 51.5. The van der Waals surface area contributed by atoms with Crippen LogP contribution < -0.4 is 0 Å². The summed E-state index contributed by atoms with van der Waals surface area (Å²) in [6.45, 7) is 6.40. The molecule has 0 spiro atoms. The van der Waals surface area contributed by atoms with Gasteiger partial charge in [0, 0.05) is 19.3 Å². The highest BCUT2D eigenvalue weighted by Crippen LogP contribution is 2.14. The molecule has 0 aromatic carbocycles. The van der Waals surface area contributed by atoms with E-state index < -0.39 is 6.10 Å². The van der Waals surface area contributed by atoms with E-state index in [2.05, 4.69) is 130 Å². The highest BCUT2D eigenvalue weighted by Gasteiger charge is 2.19. The second-order valence-corrected chi connectivity index (χ2v) is 17.8. The van der Waals surface area contributed by atoms with Crippen LogP contribution in [0.5, 0.6) is 0 Å². The standard InChI is InChI=1S/C61H100O6/c1-4-7-10-13-16-18-20-22-24-26-28-29-30-31-33-34-36-38-40-42-45-48-51-54-60(63)66-57-58(56-65-59(62)53-50-47-44-15-12-9-6-3)67-61(64)55-52-49-46-43-41-39-37-35-32-27-25-23-21-19-17-14-11-8-5-2/h7,10,16-19,22-25,28-29,31,33,36,38,42,45,58H,4-6,8-9,11-15,20-21,26-27,30,32,34-35,37,39-41,43-44,46-57H2,1-3H3/b10-7-,18-16-,19-17-,24-22-,25-23-,29-28-,33-31-,38-36-,45-42-. The summed E-state index contributed by atoms with van der Waals surface area (Å²) in [6, 6.07) is 0. The van der Waals surface area contributed by atoms with Gasteiger partial charge in [0.15, 0.2) is 6.10 Å². The fraction of sp³-hybridized carbons (Fsp3) is 0.656. The lowest BCUT2D eigenvalue weighted by Crippen LogP contribution is -2.30. The monoisotopic (exact) mass is 929 g/mol. The quantitative estimate of drug-likeness (QED) is 0.0262. The molecule has 67 heavy (non-hydrogen) atoms. The molecule has 0 aliphatic heterocycles. The van der Waals surface area contributed by atoms with Crippen LogP contribution in [0.15, 0.2) is 109 Å². The SMILES string of the molecule is CC/C=C\C/C=C\C/C=C\C/C=C\C/C=C\C/C=C\C/C=C\CCCC(=O)OCC(COC(=O)CCCCCCCCC)OC(=O)CCCCCCCCCCC/C=C\C/C=C\CCCCC. The third-order valence-corrected chi connectivity index (χ3v) is 11.3. The molecule has 0 aromatic heterocycles. The van der Waals surface area contributed by atoms with E-state index in [-0.39, 0.29) is 37.5 Å². The Hall–Kier alpha value is -3.93. The van der Waals surface area contributed by atoms with Gasteiger partial charge in [0.2, 0.25) is 0 Å². The maximum Gasteiger partial charge on any atom is 0.306 e. The molecule has 6 nitrogen and oxygen atoms in total. The first-order chi connectivity index (χ1) is 33.0. The molecular weight excluding hydrogens is 829 g/mol. The Morgan fingerprint density at radius 3 is 1.00 bits per heavy atom. The number of carbonyl (C=O) groups is 3. The minimum absolute atomic E-state index is 0.0987. The number of carbonyl (C=O) groups excluding carboxylic acids is 3. The first kappa shape index (κ1) is 63.1. The Morgan fingerprint density at radius 1 is 0.313 bits per heavy atom. The van der Waals surface area contributed by atoms with E-state index in [0.29, 0.717) is 19.3 Å². The lowest BCUT2D eigenvalue weighted by Gasteiger charge is -2.18. The second-order valence-electron chi connectivity index (χ2n) is 17.8. The first-order valence-electron chi connectivity index (χ1n) is 27.4. The maximum absolute atomic E-state index is 12.8. The van der Waals surface area contributed by atoms with Gasteiger partial charge in [-0.2, -0.15) is 0 Å². The summed E-state index contributed by atoms with van der Waals surface area (Å²) >= 11 is 0. The molecule has 0 saturated carbocycles. The summed E-state index contributed by atoms with van der Waals surface area (Å²) in [5.74, 6) is -0.975. The van der Waals surface area contributed by atoms with Gasteiger partial charge in [0.25, 0.3) is 0 Å². The molecule has 0 N–H and O–H groups in total. The van der Waals surface area contributed by atoms with Gasteiger partial charge in [-0.3, -0.25) is 14.4 Å². The second kappa shape index (κ2) is 54.7. The van der Waals surface area contributed by atoms with Crippen molar-refractivity contribution < 1.29 is 28.6 Å². The predicted molar refractivity (Wildman–Crippen MR) is 288 cm³/mol. The fourth-order valence-electron chi connectivity index (χ4n) is 7.17. The largest absolute Gasteiger partial charge is 0.462 e. The first-order valence-corrected chi connectivity index (χ1v) is 27.4. The van der Waals surface area contributed by atoms with E-state index in [9.17, 15) is 14.4 Å². The molecule has 6 heteroatoms.